The second kappa shape index (κ2) is 8.60. The predicted octanol–water partition coefficient (Wildman–Crippen LogP) is 3.90. The van der Waals surface area contributed by atoms with Gasteiger partial charge in [0.05, 0.1) is 11.3 Å². The summed E-state index contributed by atoms with van der Waals surface area (Å²) in [4.78, 5) is 25.1. The fourth-order valence-corrected chi connectivity index (χ4v) is 3.71. The van der Waals surface area contributed by atoms with Crippen molar-refractivity contribution in [3.8, 4) is 0 Å². The molecule has 1 aromatic carbocycles. The molecule has 138 valence electrons. The van der Waals surface area contributed by atoms with E-state index in [2.05, 4.69) is 0 Å². The molecule has 1 aliphatic heterocycles. The minimum atomic E-state index is -4.40. The lowest BCUT2D eigenvalue weighted by molar-refractivity contribution is -0.138. The first kappa shape index (κ1) is 19.6. The summed E-state index contributed by atoms with van der Waals surface area (Å²) in [7, 11) is 0. The van der Waals surface area contributed by atoms with Gasteiger partial charge in [0, 0.05) is 24.4 Å². The van der Waals surface area contributed by atoms with Gasteiger partial charge in [-0.3, -0.25) is 9.59 Å². The number of benzene rings is 1. The highest BCUT2D eigenvalue weighted by Crippen LogP contribution is 2.32. The largest absolute Gasteiger partial charge is 0.481 e. The Labute approximate surface area is 148 Å². The molecule has 4 nitrogen and oxygen atoms in total. The Morgan fingerprint density at radius 1 is 1.32 bits per heavy atom. The van der Waals surface area contributed by atoms with Crippen LogP contribution in [0.5, 0.6) is 0 Å². The minimum absolute atomic E-state index is 0.0764. The number of aliphatic carboxylic acids is 1. The van der Waals surface area contributed by atoms with Crippen molar-refractivity contribution < 1.29 is 27.9 Å². The van der Waals surface area contributed by atoms with Gasteiger partial charge in [-0.05, 0) is 43.4 Å². The highest BCUT2D eigenvalue weighted by Gasteiger charge is 2.30. The van der Waals surface area contributed by atoms with Crippen LogP contribution in [-0.4, -0.2) is 40.7 Å². The van der Waals surface area contributed by atoms with E-state index < -0.39 is 17.7 Å². The number of carboxylic acid groups (broad SMARTS) is 1. The third kappa shape index (κ3) is 6.26. The maximum Gasteiger partial charge on any atom is 0.416 e. The monoisotopic (exact) mass is 375 g/mol. The van der Waals surface area contributed by atoms with Gasteiger partial charge in [0.15, 0.2) is 0 Å². The van der Waals surface area contributed by atoms with Gasteiger partial charge in [-0.1, -0.05) is 6.07 Å². The van der Waals surface area contributed by atoms with Crippen LogP contribution in [0.3, 0.4) is 0 Å². The second-order valence-corrected chi connectivity index (χ2v) is 7.14. The first-order valence-electron chi connectivity index (χ1n) is 8.05. The standard InChI is InChI=1S/C17H20F3NO3S/c18-17(19,20)13-4-1-5-14(9-13)25-11-15(22)21-8-2-3-12(10-21)6-7-16(23)24/h1,4-5,9,12H,2-3,6-8,10-11H2,(H,23,24). The Balaban J connectivity index is 1.86. The topological polar surface area (TPSA) is 57.6 Å². The molecule has 1 saturated heterocycles. The average molecular weight is 375 g/mol. The summed E-state index contributed by atoms with van der Waals surface area (Å²) in [6.45, 7) is 1.14. The Morgan fingerprint density at radius 2 is 2.08 bits per heavy atom. The number of amides is 1. The molecule has 0 radical (unpaired) electrons. The third-order valence-corrected chi connectivity index (χ3v) is 5.14. The number of piperidine rings is 1. The van der Waals surface area contributed by atoms with E-state index in [4.69, 9.17) is 5.11 Å². The quantitative estimate of drug-likeness (QED) is 0.766. The number of hydrogen-bond acceptors (Lipinski definition) is 3. The molecule has 1 amide bonds. The zero-order valence-electron chi connectivity index (χ0n) is 13.6. The fraction of sp³-hybridized carbons (Fsp3) is 0.529. The van der Waals surface area contributed by atoms with E-state index in [0.29, 0.717) is 24.4 Å². The first-order valence-corrected chi connectivity index (χ1v) is 9.04. The number of carbonyl (C=O) groups excluding carboxylic acids is 1. The molecule has 8 heteroatoms. The molecule has 0 aliphatic carbocycles. The molecule has 1 N–H and O–H groups in total. The Bertz CT molecular complexity index is 621. The van der Waals surface area contributed by atoms with Crippen molar-refractivity contribution in [3.05, 3.63) is 29.8 Å². The van der Waals surface area contributed by atoms with Crippen LogP contribution in [0.4, 0.5) is 13.2 Å². The number of nitrogens with zero attached hydrogens (tertiary/aromatic N) is 1. The zero-order valence-corrected chi connectivity index (χ0v) is 14.4. The molecule has 0 saturated carbocycles. The van der Waals surface area contributed by atoms with E-state index in [-0.39, 0.29) is 24.0 Å². The number of halogens is 3. The highest BCUT2D eigenvalue weighted by molar-refractivity contribution is 8.00. The lowest BCUT2D eigenvalue weighted by Crippen LogP contribution is -2.41. The molecular weight excluding hydrogens is 355 g/mol. The molecule has 1 fully saturated rings. The summed E-state index contributed by atoms with van der Waals surface area (Å²) in [5, 5.41) is 8.75. The Morgan fingerprint density at radius 3 is 2.76 bits per heavy atom. The van der Waals surface area contributed by atoms with E-state index >= 15 is 0 Å². The fourth-order valence-electron chi connectivity index (χ4n) is 2.85. The van der Waals surface area contributed by atoms with Gasteiger partial charge in [-0.2, -0.15) is 13.2 Å². The second-order valence-electron chi connectivity index (χ2n) is 6.09. The van der Waals surface area contributed by atoms with Crippen molar-refractivity contribution >= 4 is 23.6 Å². The lowest BCUT2D eigenvalue weighted by Gasteiger charge is -2.32. The lowest BCUT2D eigenvalue weighted by atomic mass is 9.93. The van der Waals surface area contributed by atoms with Crippen LogP contribution in [0.1, 0.15) is 31.2 Å². The van der Waals surface area contributed by atoms with Gasteiger partial charge in [0.1, 0.15) is 0 Å². The molecule has 1 aromatic rings. The number of rotatable bonds is 6. The molecule has 1 atom stereocenters. The minimum Gasteiger partial charge on any atom is -0.481 e. The van der Waals surface area contributed by atoms with E-state index in [9.17, 15) is 22.8 Å². The van der Waals surface area contributed by atoms with Crippen LogP contribution in [0.25, 0.3) is 0 Å². The molecule has 1 aliphatic rings. The van der Waals surface area contributed by atoms with Crippen molar-refractivity contribution in [1.29, 1.82) is 0 Å². The van der Waals surface area contributed by atoms with Crippen LogP contribution in [0.2, 0.25) is 0 Å². The summed E-state index contributed by atoms with van der Waals surface area (Å²) < 4.78 is 38.1. The SMILES string of the molecule is O=C(O)CCC1CCCN(C(=O)CSc2cccc(C(F)(F)F)c2)C1. The Hall–Kier alpha value is -1.70. The summed E-state index contributed by atoms with van der Waals surface area (Å²) in [5.74, 6) is -0.717. The molecule has 2 rings (SSSR count). The number of hydrogen-bond donors (Lipinski definition) is 1. The van der Waals surface area contributed by atoms with Crippen molar-refractivity contribution in [1.82, 2.24) is 4.90 Å². The average Bonchev–Trinajstić information content (AvgIpc) is 2.57. The molecule has 0 spiro atoms. The zero-order chi connectivity index (χ0) is 18.4. The molecule has 1 unspecified atom stereocenters. The number of carboxylic acids is 1. The highest BCUT2D eigenvalue weighted by atomic mass is 32.2. The van der Waals surface area contributed by atoms with Crippen molar-refractivity contribution in [2.45, 2.75) is 36.8 Å². The number of alkyl halides is 3. The summed E-state index contributed by atoms with van der Waals surface area (Å²) in [6.07, 6.45) is -2.04. The van der Waals surface area contributed by atoms with E-state index in [1.807, 2.05) is 0 Å². The maximum absolute atomic E-state index is 12.7. The normalized spacial score (nSPS) is 18.2. The Kier molecular flexibility index (Phi) is 6.75. The van der Waals surface area contributed by atoms with Crippen molar-refractivity contribution in [2.24, 2.45) is 5.92 Å². The van der Waals surface area contributed by atoms with Gasteiger partial charge >= 0.3 is 12.1 Å². The van der Waals surface area contributed by atoms with Crippen molar-refractivity contribution in [2.75, 3.05) is 18.8 Å². The van der Waals surface area contributed by atoms with Gasteiger partial charge in [0.2, 0.25) is 5.91 Å². The van der Waals surface area contributed by atoms with Crippen LogP contribution in [0, 0.1) is 5.92 Å². The summed E-state index contributed by atoms with van der Waals surface area (Å²) in [5.41, 5.74) is -0.725. The molecule has 1 heterocycles. The summed E-state index contributed by atoms with van der Waals surface area (Å²) >= 11 is 1.09. The van der Waals surface area contributed by atoms with Gasteiger partial charge in [-0.15, -0.1) is 11.8 Å². The van der Waals surface area contributed by atoms with E-state index in [0.717, 1.165) is 36.7 Å². The number of thioether (sulfide) groups is 1. The van der Waals surface area contributed by atoms with Crippen molar-refractivity contribution in [3.63, 3.8) is 0 Å². The van der Waals surface area contributed by atoms with Crippen LogP contribution < -0.4 is 0 Å². The number of carbonyl (C=O) groups is 2. The van der Waals surface area contributed by atoms with Gasteiger partial charge in [0.25, 0.3) is 0 Å². The van der Waals surface area contributed by atoms with Gasteiger partial charge in [-0.25, -0.2) is 0 Å². The van der Waals surface area contributed by atoms with E-state index in [1.165, 1.54) is 6.07 Å². The van der Waals surface area contributed by atoms with Gasteiger partial charge < -0.3 is 10.0 Å². The molecular formula is C17H20F3NO3S. The summed E-state index contributed by atoms with van der Waals surface area (Å²) in [6, 6.07) is 4.94. The number of likely N-dealkylation sites (tertiary alicyclic amines) is 1. The maximum atomic E-state index is 12.7. The van der Waals surface area contributed by atoms with Crippen LogP contribution in [-0.2, 0) is 15.8 Å². The molecule has 25 heavy (non-hydrogen) atoms. The third-order valence-electron chi connectivity index (χ3n) is 4.16. The van der Waals surface area contributed by atoms with E-state index in [1.54, 1.807) is 11.0 Å². The smallest absolute Gasteiger partial charge is 0.416 e. The van der Waals surface area contributed by atoms with Crippen LogP contribution >= 0.6 is 11.8 Å². The molecule has 0 aromatic heterocycles. The van der Waals surface area contributed by atoms with Crippen LogP contribution in [0.15, 0.2) is 29.2 Å². The first-order chi connectivity index (χ1) is 11.8. The predicted molar refractivity (Wildman–Crippen MR) is 88.3 cm³/mol. The molecule has 0 bridgehead atoms.